The fourth-order valence-electron chi connectivity index (χ4n) is 1.99. The number of rotatable bonds is 1. The Morgan fingerprint density at radius 2 is 1.75 bits per heavy atom. The third-order valence-electron chi connectivity index (χ3n) is 2.79. The third kappa shape index (κ3) is 1.48. The number of fused-ring (bicyclic) bond motifs is 1. The van der Waals surface area contributed by atoms with Gasteiger partial charge in [0.1, 0.15) is 5.82 Å². The standard InChI is InChI=1S/C12H12N4/c13-11-5-6-14-12(15-11)16-7-9-3-1-2-4-10(9)8-16/h1-6H,7-8H2,(H2,13,14,15). The van der Waals surface area contributed by atoms with Crippen LogP contribution in [0.25, 0.3) is 0 Å². The minimum absolute atomic E-state index is 0.515. The summed E-state index contributed by atoms with van der Waals surface area (Å²) < 4.78 is 0. The summed E-state index contributed by atoms with van der Waals surface area (Å²) >= 11 is 0. The molecule has 0 saturated carbocycles. The van der Waals surface area contributed by atoms with Gasteiger partial charge in [-0.1, -0.05) is 24.3 Å². The van der Waals surface area contributed by atoms with E-state index in [1.807, 2.05) is 0 Å². The first-order chi connectivity index (χ1) is 7.83. The lowest BCUT2D eigenvalue weighted by Gasteiger charge is -2.14. The van der Waals surface area contributed by atoms with Crippen LogP contribution in [0.2, 0.25) is 0 Å². The van der Waals surface area contributed by atoms with Crippen molar-refractivity contribution < 1.29 is 0 Å². The zero-order valence-corrected chi connectivity index (χ0v) is 8.80. The van der Waals surface area contributed by atoms with Crippen LogP contribution >= 0.6 is 0 Å². The van der Waals surface area contributed by atoms with Gasteiger partial charge in [-0.3, -0.25) is 0 Å². The van der Waals surface area contributed by atoms with Crippen LogP contribution in [0.5, 0.6) is 0 Å². The van der Waals surface area contributed by atoms with E-state index in [0.717, 1.165) is 13.1 Å². The van der Waals surface area contributed by atoms with Gasteiger partial charge in [0.15, 0.2) is 0 Å². The van der Waals surface area contributed by atoms with Gasteiger partial charge in [0.2, 0.25) is 5.95 Å². The van der Waals surface area contributed by atoms with Gasteiger partial charge < -0.3 is 10.6 Å². The van der Waals surface area contributed by atoms with Crippen molar-refractivity contribution in [3.05, 3.63) is 47.7 Å². The topological polar surface area (TPSA) is 55.0 Å². The SMILES string of the molecule is Nc1ccnc(N2Cc3ccccc3C2)n1. The fourth-order valence-corrected chi connectivity index (χ4v) is 1.99. The molecule has 0 spiro atoms. The second-order valence-corrected chi connectivity index (χ2v) is 3.91. The molecule has 1 aromatic carbocycles. The molecule has 0 radical (unpaired) electrons. The molecule has 16 heavy (non-hydrogen) atoms. The summed E-state index contributed by atoms with van der Waals surface area (Å²) in [6, 6.07) is 10.1. The van der Waals surface area contributed by atoms with E-state index in [9.17, 15) is 0 Å². The maximum Gasteiger partial charge on any atom is 0.227 e. The zero-order valence-electron chi connectivity index (χ0n) is 8.80. The molecule has 80 valence electrons. The number of hydrogen-bond acceptors (Lipinski definition) is 4. The molecular weight excluding hydrogens is 200 g/mol. The number of nitrogens with two attached hydrogens (primary N) is 1. The van der Waals surface area contributed by atoms with Crippen LogP contribution in [0.3, 0.4) is 0 Å². The average Bonchev–Trinajstić information content (AvgIpc) is 2.72. The van der Waals surface area contributed by atoms with E-state index in [1.54, 1.807) is 12.3 Å². The first-order valence-electron chi connectivity index (χ1n) is 5.23. The van der Waals surface area contributed by atoms with Crippen LogP contribution in [0.4, 0.5) is 11.8 Å². The maximum absolute atomic E-state index is 5.65. The molecule has 1 aliphatic rings. The molecule has 0 atom stereocenters. The van der Waals surface area contributed by atoms with Crippen molar-refractivity contribution in [2.75, 3.05) is 10.6 Å². The lowest BCUT2D eigenvalue weighted by molar-refractivity contribution is 0.830. The number of hydrogen-bond donors (Lipinski definition) is 1. The minimum atomic E-state index is 0.515. The quantitative estimate of drug-likeness (QED) is 0.779. The van der Waals surface area contributed by atoms with Crippen molar-refractivity contribution in [2.45, 2.75) is 13.1 Å². The van der Waals surface area contributed by atoms with E-state index < -0.39 is 0 Å². The molecule has 0 unspecified atom stereocenters. The van der Waals surface area contributed by atoms with Gasteiger partial charge in [0.05, 0.1) is 0 Å². The zero-order chi connectivity index (χ0) is 11.0. The van der Waals surface area contributed by atoms with Gasteiger partial charge in [0, 0.05) is 19.3 Å². The Balaban J connectivity index is 1.91. The molecule has 0 fully saturated rings. The first-order valence-corrected chi connectivity index (χ1v) is 5.23. The highest BCUT2D eigenvalue weighted by atomic mass is 15.3. The third-order valence-corrected chi connectivity index (χ3v) is 2.79. The molecule has 2 heterocycles. The van der Waals surface area contributed by atoms with Gasteiger partial charge in [0.25, 0.3) is 0 Å². The van der Waals surface area contributed by atoms with Crippen molar-refractivity contribution in [1.82, 2.24) is 9.97 Å². The Bertz CT molecular complexity index is 499. The van der Waals surface area contributed by atoms with Crippen LogP contribution in [0, 0.1) is 0 Å². The maximum atomic E-state index is 5.65. The van der Waals surface area contributed by atoms with Gasteiger partial charge in [-0.2, -0.15) is 4.98 Å². The highest BCUT2D eigenvalue weighted by Crippen LogP contribution is 2.25. The van der Waals surface area contributed by atoms with Crippen LogP contribution in [-0.2, 0) is 13.1 Å². The van der Waals surface area contributed by atoms with Crippen LogP contribution in [0.15, 0.2) is 36.5 Å². The van der Waals surface area contributed by atoms with E-state index in [4.69, 9.17) is 5.73 Å². The molecule has 4 nitrogen and oxygen atoms in total. The molecule has 3 rings (SSSR count). The van der Waals surface area contributed by atoms with Crippen LogP contribution in [0.1, 0.15) is 11.1 Å². The van der Waals surface area contributed by atoms with Crippen LogP contribution < -0.4 is 10.6 Å². The monoisotopic (exact) mass is 212 g/mol. The van der Waals surface area contributed by atoms with E-state index in [-0.39, 0.29) is 0 Å². The second-order valence-electron chi connectivity index (χ2n) is 3.91. The fraction of sp³-hybridized carbons (Fsp3) is 0.167. The van der Waals surface area contributed by atoms with Crippen molar-refractivity contribution >= 4 is 11.8 Å². The molecule has 0 aliphatic carbocycles. The molecule has 4 heteroatoms. The van der Waals surface area contributed by atoms with Gasteiger partial charge in [-0.25, -0.2) is 4.98 Å². The average molecular weight is 212 g/mol. The summed E-state index contributed by atoms with van der Waals surface area (Å²) in [5.74, 6) is 1.22. The summed E-state index contributed by atoms with van der Waals surface area (Å²) in [7, 11) is 0. The second kappa shape index (κ2) is 3.48. The summed E-state index contributed by atoms with van der Waals surface area (Å²) in [5.41, 5.74) is 8.34. The molecule has 1 aromatic heterocycles. The van der Waals surface area contributed by atoms with Crippen molar-refractivity contribution in [2.24, 2.45) is 0 Å². The summed E-state index contributed by atoms with van der Waals surface area (Å²) in [4.78, 5) is 10.6. The number of anilines is 2. The molecule has 2 N–H and O–H groups in total. The Morgan fingerprint density at radius 3 is 2.38 bits per heavy atom. The smallest absolute Gasteiger partial charge is 0.227 e. The summed E-state index contributed by atoms with van der Waals surface area (Å²) in [6.45, 7) is 1.72. The van der Waals surface area contributed by atoms with Gasteiger partial charge >= 0.3 is 0 Å². The molecule has 0 bridgehead atoms. The largest absolute Gasteiger partial charge is 0.384 e. The number of benzene rings is 1. The van der Waals surface area contributed by atoms with Crippen molar-refractivity contribution in [3.8, 4) is 0 Å². The minimum Gasteiger partial charge on any atom is -0.384 e. The Morgan fingerprint density at radius 1 is 1.06 bits per heavy atom. The van der Waals surface area contributed by atoms with Crippen molar-refractivity contribution in [3.63, 3.8) is 0 Å². The van der Waals surface area contributed by atoms with E-state index in [0.29, 0.717) is 11.8 Å². The number of nitrogens with zero attached hydrogens (tertiary/aromatic N) is 3. The lowest BCUT2D eigenvalue weighted by Crippen LogP contribution is -2.17. The number of aromatic nitrogens is 2. The Kier molecular flexibility index (Phi) is 1.99. The van der Waals surface area contributed by atoms with Crippen molar-refractivity contribution in [1.29, 1.82) is 0 Å². The van der Waals surface area contributed by atoms with E-state index in [2.05, 4.69) is 39.1 Å². The molecule has 2 aromatic rings. The summed E-state index contributed by atoms with van der Waals surface area (Å²) in [6.07, 6.45) is 1.70. The molecule has 0 saturated heterocycles. The van der Waals surface area contributed by atoms with E-state index in [1.165, 1.54) is 11.1 Å². The molecule has 1 aliphatic heterocycles. The predicted molar refractivity (Wildman–Crippen MR) is 62.8 cm³/mol. The van der Waals surface area contributed by atoms with Gasteiger partial charge in [-0.05, 0) is 17.2 Å². The predicted octanol–water partition coefficient (Wildman–Crippen LogP) is 1.58. The highest BCUT2D eigenvalue weighted by molar-refractivity contribution is 5.45. The Hall–Kier alpha value is -2.10. The molecular formula is C12H12N4. The lowest BCUT2D eigenvalue weighted by atomic mass is 10.1. The number of nitrogen functional groups attached to an aromatic ring is 1. The normalized spacial score (nSPS) is 13.9. The Labute approximate surface area is 93.8 Å². The molecule has 0 amide bonds. The summed E-state index contributed by atoms with van der Waals surface area (Å²) in [5, 5.41) is 0. The highest BCUT2D eigenvalue weighted by Gasteiger charge is 2.20. The first kappa shape index (κ1) is 9.15. The van der Waals surface area contributed by atoms with E-state index >= 15 is 0 Å². The van der Waals surface area contributed by atoms with Crippen LogP contribution in [-0.4, -0.2) is 9.97 Å². The van der Waals surface area contributed by atoms with Gasteiger partial charge in [-0.15, -0.1) is 0 Å².